The van der Waals surface area contributed by atoms with E-state index in [1.54, 1.807) is 12.1 Å². The minimum Gasteiger partial charge on any atom is -0.508 e. The van der Waals surface area contributed by atoms with Crippen LogP contribution < -0.4 is 5.43 Å². The van der Waals surface area contributed by atoms with Crippen molar-refractivity contribution in [3.05, 3.63) is 47.5 Å². The Kier molecular flexibility index (Phi) is 5.93. The van der Waals surface area contributed by atoms with Crippen molar-refractivity contribution in [2.24, 2.45) is 0 Å². The number of phenols is 2. The highest BCUT2D eigenvalue weighted by Crippen LogP contribution is 2.47. The number of hydrazine groups is 1. The van der Waals surface area contributed by atoms with Crippen LogP contribution in [0.1, 0.15) is 26.9 Å². The van der Waals surface area contributed by atoms with Gasteiger partial charge in [0, 0.05) is 33.7 Å². The van der Waals surface area contributed by atoms with E-state index in [0.717, 1.165) is 5.01 Å². The molecule has 5 aromatic rings. The Morgan fingerprint density at radius 1 is 0.905 bits per heavy atom. The van der Waals surface area contributed by atoms with Crippen LogP contribution in [0.15, 0.2) is 36.4 Å². The molecule has 4 atom stereocenters. The van der Waals surface area contributed by atoms with Crippen molar-refractivity contribution in [2.75, 3.05) is 19.8 Å². The Bertz CT molecular complexity index is 1940. The predicted molar refractivity (Wildman–Crippen MR) is 147 cm³/mol. The van der Waals surface area contributed by atoms with E-state index >= 15 is 0 Å². The summed E-state index contributed by atoms with van der Waals surface area (Å²) in [6.07, 6.45) is -5.85. The topological polar surface area (TPSA) is 221 Å². The number of phenolic OH excluding ortho intramolecular Hbond substituents is 2. The summed E-state index contributed by atoms with van der Waals surface area (Å²) >= 11 is 0. The second-order valence-electron chi connectivity index (χ2n) is 10.6. The minimum absolute atomic E-state index is 0.0149. The second-order valence-corrected chi connectivity index (χ2v) is 10.6. The normalized spacial score (nSPS) is 23.0. The lowest BCUT2D eigenvalue weighted by Crippen LogP contribution is -2.50. The highest BCUT2D eigenvalue weighted by atomic mass is 16.5. The molecule has 42 heavy (non-hydrogen) atoms. The van der Waals surface area contributed by atoms with E-state index in [4.69, 9.17) is 4.74 Å². The molecule has 0 saturated carbocycles. The first-order chi connectivity index (χ1) is 20.2. The maximum atomic E-state index is 14.0. The molecule has 1 fully saturated rings. The van der Waals surface area contributed by atoms with E-state index in [2.05, 4.69) is 10.4 Å². The smallest absolute Gasteiger partial charge is 0.276 e. The second kappa shape index (κ2) is 9.37. The van der Waals surface area contributed by atoms with Crippen molar-refractivity contribution in [3.63, 3.8) is 0 Å². The Morgan fingerprint density at radius 3 is 2.24 bits per heavy atom. The highest BCUT2D eigenvalue weighted by Gasteiger charge is 2.45. The molecule has 3 aromatic carbocycles. The van der Waals surface area contributed by atoms with Gasteiger partial charge in [-0.2, -0.15) is 0 Å². The predicted octanol–water partition coefficient (Wildman–Crippen LogP) is -0.0945. The highest BCUT2D eigenvalue weighted by molar-refractivity contribution is 6.39. The number of ether oxygens (including phenoxy) is 1. The molecule has 1 saturated heterocycles. The van der Waals surface area contributed by atoms with Gasteiger partial charge in [-0.05, 0) is 24.3 Å². The van der Waals surface area contributed by atoms with Crippen LogP contribution in [-0.4, -0.2) is 106 Å². The van der Waals surface area contributed by atoms with Crippen molar-refractivity contribution < 1.29 is 50.1 Å². The zero-order valence-electron chi connectivity index (χ0n) is 21.7. The molecular formula is C28H26N4O10. The zero-order chi connectivity index (χ0) is 29.6. The number of benzene rings is 3. The number of aliphatic hydroxyl groups is 5. The van der Waals surface area contributed by atoms with Crippen molar-refractivity contribution in [1.29, 1.82) is 0 Å². The molecular weight excluding hydrogens is 552 g/mol. The van der Waals surface area contributed by atoms with Crippen LogP contribution in [0.4, 0.5) is 0 Å². The summed E-state index contributed by atoms with van der Waals surface area (Å²) in [4.78, 5) is 31.2. The standard InChI is InChI=1S/C28H26N4O10/c33-7-10(8-34)30-32-26(40)20-18-13-3-1-11(35)5-15(13)29-22(18)23-19(21(20)27(32)41)14-4-2-12(36)6-16(14)31(23)28-25(39)24(38)17(37)9-42-28/h1-6,10,17,24-25,28-30,33-39H,7-9H2/t17-,24+,25-,28-/m1/s1. The van der Waals surface area contributed by atoms with E-state index in [9.17, 15) is 45.3 Å². The molecule has 14 heteroatoms. The Morgan fingerprint density at radius 2 is 1.55 bits per heavy atom. The van der Waals surface area contributed by atoms with E-state index in [1.165, 1.54) is 28.8 Å². The summed E-state index contributed by atoms with van der Waals surface area (Å²) in [6, 6.07) is 7.77. The van der Waals surface area contributed by atoms with Crippen molar-refractivity contribution in [2.45, 2.75) is 30.6 Å². The maximum absolute atomic E-state index is 14.0. The Balaban J connectivity index is 1.65. The number of aromatic nitrogens is 2. The quantitative estimate of drug-likeness (QED) is 0.125. The lowest BCUT2D eigenvalue weighted by Gasteiger charge is -2.36. The van der Waals surface area contributed by atoms with Gasteiger partial charge in [0.1, 0.15) is 29.8 Å². The number of hydrogen-bond acceptors (Lipinski definition) is 11. The summed E-state index contributed by atoms with van der Waals surface area (Å²) in [5.41, 5.74) is 3.95. The van der Waals surface area contributed by atoms with Crippen LogP contribution in [0.5, 0.6) is 11.5 Å². The number of hydrogen-bond donors (Lipinski definition) is 9. The molecule has 9 N–H and O–H groups in total. The van der Waals surface area contributed by atoms with Crippen LogP contribution in [0.2, 0.25) is 0 Å². The number of nitrogens with zero attached hydrogens (tertiary/aromatic N) is 2. The van der Waals surface area contributed by atoms with Gasteiger partial charge in [-0.25, -0.2) is 10.4 Å². The number of carbonyl (C=O) groups excluding carboxylic acids is 2. The monoisotopic (exact) mass is 578 g/mol. The number of amides is 2. The number of imide groups is 1. The summed E-state index contributed by atoms with van der Waals surface area (Å²) in [5, 5.41) is 73.8. The van der Waals surface area contributed by atoms with Gasteiger partial charge in [0.15, 0.2) is 6.23 Å². The molecule has 2 amide bonds. The average molecular weight is 579 g/mol. The average Bonchev–Trinajstić information content (AvgIpc) is 3.58. The number of fused-ring (bicyclic) bond motifs is 10. The molecule has 2 aromatic heterocycles. The number of aromatic hydroxyl groups is 2. The van der Waals surface area contributed by atoms with Crippen LogP contribution >= 0.6 is 0 Å². The number of carbonyl (C=O) groups is 2. The van der Waals surface area contributed by atoms with Crippen molar-refractivity contribution >= 4 is 55.4 Å². The molecule has 0 radical (unpaired) electrons. The molecule has 4 heterocycles. The van der Waals surface area contributed by atoms with Gasteiger partial charge in [0.2, 0.25) is 0 Å². The molecule has 2 aliphatic heterocycles. The third kappa shape index (κ3) is 3.51. The van der Waals surface area contributed by atoms with Crippen LogP contribution in [-0.2, 0) is 4.74 Å². The SMILES string of the molecule is O=C1c2c(c3c4ccc(O)cc4n([C@@H]4OC[C@@H](O)[C@H](O)[C@H]4O)c3c3[nH]c4cc(O)ccc4c23)C(=O)N1NC(CO)CO. The summed E-state index contributed by atoms with van der Waals surface area (Å²) in [7, 11) is 0. The summed E-state index contributed by atoms with van der Waals surface area (Å²) in [6.45, 7) is -1.45. The largest absolute Gasteiger partial charge is 0.508 e. The van der Waals surface area contributed by atoms with E-state index in [-0.39, 0.29) is 40.1 Å². The van der Waals surface area contributed by atoms with Crippen LogP contribution in [0.25, 0.3) is 43.6 Å². The van der Waals surface area contributed by atoms with Crippen LogP contribution in [0.3, 0.4) is 0 Å². The van der Waals surface area contributed by atoms with Gasteiger partial charge in [0.05, 0.1) is 59.1 Å². The van der Waals surface area contributed by atoms with Crippen LogP contribution in [0, 0.1) is 0 Å². The fraction of sp³-hybridized carbons (Fsp3) is 0.286. The third-order valence-corrected chi connectivity index (χ3v) is 8.07. The number of nitrogens with one attached hydrogen (secondary N) is 2. The maximum Gasteiger partial charge on any atom is 0.276 e. The number of rotatable bonds is 5. The number of H-pyrrole nitrogens is 1. The minimum atomic E-state index is -1.63. The molecule has 0 spiro atoms. The van der Waals surface area contributed by atoms with Gasteiger partial charge in [0.25, 0.3) is 11.8 Å². The lowest BCUT2D eigenvalue weighted by atomic mass is 9.96. The van der Waals surface area contributed by atoms with Gasteiger partial charge in [-0.3, -0.25) is 9.59 Å². The third-order valence-electron chi connectivity index (χ3n) is 8.07. The first-order valence-corrected chi connectivity index (χ1v) is 13.2. The van der Waals surface area contributed by atoms with E-state index in [1.807, 2.05) is 0 Å². The summed E-state index contributed by atoms with van der Waals surface area (Å²) in [5.74, 6) is -1.72. The first kappa shape index (κ1) is 26.6. The Labute approximate surface area is 235 Å². The van der Waals surface area contributed by atoms with Gasteiger partial charge < -0.3 is 50.0 Å². The fourth-order valence-corrected chi connectivity index (χ4v) is 6.14. The lowest BCUT2D eigenvalue weighted by molar-refractivity contribution is -0.208. The van der Waals surface area contributed by atoms with E-state index in [0.29, 0.717) is 32.7 Å². The molecule has 0 bridgehead atoms. The summed E-state index contributed by atoms with van der Waals surface area (Å²) < 4.78 is 7.32. The van der Waals surface area contributed by atoms with Gasteiger partial charge >= 0.3 is 0 Å². The molecule has 14 nitrogen and oxygen atoms in total. The number of aromatic amines is 1. The first-order valence-electron chi connectivity index (χ1n) is 13.2. The molecule has 218 valence electrons. The van der Waals surface area contributed by atoms with E-state index < -0.39 is 55.6 Å². The van der Waals surface area contributed by atoms with Crippen molar-refractivity contribution in [1.82, 2.24) is 20.0 Å². The number of aliphatic hydroxyl groups excluding tert-OH is 5. The van der Waals surface area contributed by atoms with Crippen molar-refractivity contribution in [3.8, 4) is 11.5 Å². The zero-order valence-corrected chi connectivity index (χ0v) is 21.7. The molecule has 7 rings (SSSR count). The fourth-order valence-electron chi connectivity index (χ4n) is 6.14. The molecule has 2 aliphatic rings. The molecule has 0 aliphatic carbocycles. The van der Waals surface area contributed by atoms with Gasteiger partial charge in [-0.15, -0.1) is 0 Å². The molecule has 0 unspecified atom stereocenters. The Hall–Kier alpha value is -4.28. The van der Waals surface area contributed by atoms with Gasteiger partial charge in [-0.1, -0.05) is 0 Å².